The van der Waals surface area contributed by atoms with Gasteiger partial charge >= 0.3 is 0 Å². The monoisotopic (exact) mass is 388 g/mol. The predicted octanol–water partition coefficient (Wildman–Crippen LogP) is 4.49. The highest BCUT2D eigenvalue weighted by atomic mass is 16.2. The van der Waals surface area contributed by atoms with Crippen LogP contribution in [0.25, 0.3) is 0 Å². The van der Waals surface area contributed by atoms with E-state index in [1.807, 2.05) is 54.7 Å². The zero-order valence-corrected chi connectivity index (χ0v) is 16.9. The van der Waals surface area contributed by atoms with Crippen LogP contribution in [0.3, 0.4) is 0 Å². The molecule has 1 fully saturated rings. The van der Waals surface area contributed by atoms with Gasteiger partial charge in [-0.05, 0) is 55.6 Å². The van der Waals surface area contributed by atoms with Crippen molar-refractivity contribution in [3.8, 4) is 0 Å². The van der Waals surface area contributed by atoms with Crippen molar-refractivity contribution < 1.29 is 4.79 Å². The summed E-state index contributed by atoms with van der Waals surface area (Å²) in [6.07, 6.45) is 7.41. The van der Waals surface area contributed by atoms with Crippen LogP contribution in [0.5, 0.6) is 0 Å². The Labute approximate surface area is 172 Å². The minimum atomic E-state index is -0.500. The number of amides is 1. The van der Waals surface area contributed by atoms with Gasteiger partial charge in [0.05, 0.1) is 0 Å². The molecular weight excluding hydrogens is 360 g/mol. The molecule has 2 atom stereocenters. The van der Waals surface area contributed by atoms with Crippen LogP contribution in [0.1, 0.15) is 43.4 Å². The molecule has 4 rings (SSSR count). The number of benzene rings is 2. The van der Waals surface area contributed by atoms with Crippen molar-refractivity contribution >= 4 is 11.6 Å². The Bertz CT molecular complexity index is 906. The molecule has 1 aliphatic rings. The molecule has 1 amide bonds. The highest BCUT2D eigenvalue weighted by molar-refractivity contribution is 5.95. The van der Waals surface area contributed by atoms with Gasteiger partial charge in [0, 0.05) is 30.7 Å². The number of hydrogen-bond donors (Lipinski definition) is 1. The number of nitrogens with one attached hydrogen (secondary N) is 1. The third-order valence-electron chi connectivity index (χ3n) is 5.70. The Morgan fingerprint density at radius 1 is 1.10 bits per heavy atom. The van der Waals surface area contributed by atoms with Crippen LogP contribution in [0.4, 0.5) is 5.69 Å². The number of nitrogens with zero attached hydrogens (tertiary/aromatic N) is 3. The van der Waals surface area contributed by atoms with Crippen molar-refractivity contribution in [1.82, 2.24) is 14.7 Å². The van der Waals surface area contributed by atoms with Gasteiger partial charge in [0.25, 0.3) is 5.91 Å². The second-order valence-electron chi connectivity index (χ2n) is 7.80. The minimum absolute atomic E-state index is 0.0997. The van der Waals surface area contributed by atoms with E-state index in [1.54, 1.807) is 10.9 Å². The highest BCUT2D eigenvalue weighted by Gasteiger charge is 2.23. The second-order valence-corrected chi connectivity index (χ2v) is 7.80. The first-order valence-corrected chi connectivity index (χ1v) is 10.4. The largest absolute Gasteiger partial charge is 0.324 e. The standard InChI is InChI=1S/C24H28N4O/c1-19-8-5-6-16-27(19)18-20-11-13-22(14-12-20)26-24(29)23(28-17-7-15-25-28)21-9-3-2-4-10-21/h2-4,7,9-15,17,19,23H,5-6,8,16,18H2,1H3,(H,26,29). The lowest BCUT2D eigenvalue weighted by molar-refractivity contribution is -0.118. The lowest BCUT2D eigenvalue weighted by Gasteiger charge is -2.33. The van der Waals surface area contributed by atoms with Gasteiger partial charge in [-0.2, -0.15) is 5.10 Å². The van der Waals surface area contributed by atoms with E-state index in [9.17, 15) is 4.79 Å². The van der Waals surface area contributed by atoms with Crippen LogP contribution in [-0.2, 0) is 11.3 Å². The summed E-state index contributed by atoms with van der Waals surface area (Å²) >= 11 is 0. The summed E-state index contributed by atoms with van der Waals surface area (Å²) in [5.41, 5.74) is 2.99. The van der Waals surface area contributed by atoms with Gasteiger partial charge in [0.1, 0.15) is 0 Å². The maximum absolute atomic E-state index is 13.1. The second kappa shape index (κ2) is 9.05. The summed E-state index contributed by atoms with van der Waals surface area (Å²) in [5, 5.41) is 7.35. The van der Waals surface area contributed by atoms with Gasteiger partial charge in [0.2, 0.25) is 0 Å². The molecule has 150 valence electrons. The van der Waals surface area contributed by atoms with E-state index in [-0.39, 0.29) is 5.91 Å². The van der Waals surface area contributed by atoms with Crippen LogP contribution in [0, 0.1) is 0 Å². The summed E-state index contributed by atoms with van der Waals surface area (Å²) < 4.78 is 1.69. The van der Waals surface area contributed by atoms with Crippen molar-refractivity contribution in [3.63, 3.8) is 0 Å². The molecule has 1 N–H and O–H groups in total. The first-order valence-electron chi connectivity index (χ1n) is 10.4. The van der Waals surface area contributed by atoms with Crippen molar-refractivity contribution in [2.75, 3.05) is 11.9 Å². The van der Waals surface area contributed by atoms with Crippen molar-refractivity contribution in [3.05, 3.63) is 84.2 Å². The summed E-state index contributed by atoms with van der Waals surface area (Å²) in [4.78, 5) is 15.6. The molecule has 1 aliphatic heterocycles. The van der Waals surface area contributed by atoms with Crippen LogP contribution in [0.15, 0.2) is 73.1 Å². The maximum Gasteiger partial charge on any atom is 0.253 e. The highest BCUT2D eigenvalue weighted by Crippen LogP contribution is 2.22. The quantitative estimate of drug-likeness (QED) is 0.677. The number of piperidine rings is 1. The van der Waals surface area contributed by atoms with Crippen molar-refractivity contribution in [1.29, 1.82) is 0 Å². The predicted molar refractivity (Wildman–Crippen MR) is 116 cm³/mol. The molecule has 1 saturated heterocycles. The Balaban J connectivity index is 1.45. The van der Waals surface area contributed by atoms with Crippen molar-refractivity contribution in [2.24, 2.45) is 0 Å². The van der Waals surface area contributed by atoms with Crippen LogP contribution in [0.2, 0.25) is 0 Å². The Kier molecular flexibility index (Phi) is 6.06. The lowest BCUT2D eigenvalue weighted by atomic mass is 10.0. The molecule has 3 aromatic rings. The molecule has 0 radical (unpaired) electrons. The number of carbonyl (C=O) groups excluding carboxylic acids is 1. The number of anilines is 1. The summed E-state index contributed by atoms with van der Waals surface area (Å²) in [6, 6.07) is 19.9. The smallest absolute Gasteiger partial charge is 0.253 e. The fraction of sp³-hybridized carbons (Fsp3) is 0.333. The number of carbonyl (C=O) groups is 1. The zero-order valence-electron chi connectivity index (χ0n) is 16.9. The Morgan fingerprint density at radius 2 is 1.90 bits per heavy atom. The third-order valence-corrected chi connectivity index (χ3v) is 5.70. The van der Waals surface area contributed by atoms with E-state index in [0.29, 0.717) is 6.04 Å². The van der Waals surface area contributed by atoms with E-state index in [1.165, 1.54) is 31.4 Å². The van der Waals surface area contributed by atoms with Gasteiger partial charge < -0.3 is 5.32 Å². The van der Waals surface area contributed by atoms with Crippen molar-refractivity contribution in [2.45, 2.75) is 44.8 Å². The average molecular weight is 389 g/mol. The topological polar surface area (TPSA) is 50.2 Å². The summed E-state index contributed by atoms with van der Waals surface area (Å²) in [5.74, 6) is -0.0997. The number of likely N-dealkylation sites (tertiary alicyclic amines) is 1. The molecule has 5 heteroatoms. The van der Waals surface area contributed by atoms with E-state index >= 15 is 0 Å². The third kappa shape index (κ3) is 4.74. The molecule has 0 saturated carbocycles. The molecule has 5 nitrogen and oxygen atoms in total. The fourth-order valence-corrected chi connectivity index (χ4v) is 4.02. The van der Waals surface area contributed by atoms with E-state index < -0.39 is 6.04 Å². The molecular formula is C24H28N4O. The average Bonchev–Trinajstić information content (AvgIpc) is 3.26. The minimum Gasteiger partial charge on any atom is -0.324 e. The lowest BCUT2D eigenvalue weighted by Crippen LogP contribution is -2.36. The number of aromatic nitrogens is 2. The first kappa shape index (κ1) is 19.4. The molecule has 2 unspecified atom stereocenters. The summed E-state index contributed by atoms with van der Waals surface area (Å²) in [7, 11) is 0. The van der Waals surface area contributed by atoms with Crippen LogP contribution >= 0.6 is 0 Å². The maximum atomic E-state index is 13.1. The SMILES string of the molecule is CC1CCCCN1Cc1ccc(NC(=O)C(c2ccccc2)n2cccn2)cc1. The van der Waals surface area contributed by atoms with Gasteiger partial charge in [0.15, 0.2) is 6.04 Å². The molecule has 0 aliphatic carbocycles. The first-order chi connectivity index (χ1) is 14.2. The Morgan fingerprint density at radius 3 is 2.59 bits per heavy atom. The normalized spacial score (nSPS) is 18.3. The number of hydrogen-bond acceptors (Lipinski definition) is 3. The summed E-state index contributed by atoms with van der Waals surface area (Å²) in [6.45, 7) is 4.45. The van der Waals surface area contributed by atoms with Gasteiger partial charge in [-0.25, -0.2) is 0 Å². The molecule has 2 aromatic carbocycles. The van der Waals surface area contributed by atoms with E-state index in [4.69, 9.17) is 0 Å². The van der Waals surface area contributed by atoms with E-state index in [2.05, 4.69) is 34.4 Å². The van der Waals surface area contributed by atoms with Gasteiger partial charge in [-0.3, -0.25) is 14.4 Å². The molecule has 1 aromatic heterocycles. The number of rotatable bonds is 6. The molecule has 0 bridgehead atoms. The van der Waals surface area contributed by atoms with E-state index in [0.717, 1.165) is 17.8 Å². The fourth-order valence-electron chi connectivity index (χ4n) is 4.02. The molecule has 0 spiro atoms. The molecule has 2 heterocycles. The van der Waals surface area contributed by atoms with Crippen LogP contribution < -0.4 is 5.32 Å². The van der Waals surface area contributed by atoms with Gasteiger partial charge in [-0.15, -0.1) is 0 Å². The van der Waals surface area contributed by atoms with Gasteiger partial charge in [-0.1, -0.05) is 48.9 Å². The zero-order chi connectivity index (χ0) is 20.1. The Hall–Kier alpha value is -2.92. The van der Waals surface area contributed by atoms with Crippen LogP contribution in [-0.4, -0.2) is 33.2 Å². The molecule has 29 heavy (non-hydrogen) atoms.